The van der Waals surface area contributed by atoms with Gasteiger partial charge in [0.15, 0.2) is 0 Å². The topological polar surface area (TPSA) is 90.5 Å². The Labute approximate surface area is 248 Å². The summed E-state index contributed by atoms with van der Waals surface area (Å²) in [6, 6.07) is 30.5. The molecule has 0 heterocycles. The lowest BCUT2D eigenvalue weighted by Gasteiger charge is -2.13. The molecule has 4 rings (SSSR count). The van der Waals surface area contributed by atoms with Crippen molar-refractivity contribution in [2.24, 2.45) is 0 Å². The molecule has 0 aliphatic rings. The van der Waals surface area contributed by atoms with Gasteiger partial charge in [-0.3, -0.25) is 14.4 Å². The molecule has 7 nitrogen and oxygen atoms in total. The Balaban J connectivity index is 1.42. The number of nitrogens with one attached hydrogen (secondary N) is 3. The van der Waals surface area contributed by atoms with Crippen LogP contribution in [0, 0.1) is 0 Å². The van der Waals surface area contributed by atoms with Crippen LogP contribution < -0.4 is 20.9 Å². The van der Waals surface area contributed by atoms with Crippen LogP contribution in [-0.4, -0.2) is 37.6 Å². The van der Waals surface area contributed by atoms with Crippen molar-refractivity contribution in [2.75, 3.05) is 35.4 Å². The number of thioether (sulfide) groups is 1. The van der Waals surface area contributed by atoms with Crippen molar-refractivity contribution >= 4 is 64.2 Å². The molecule has 0 unspecified atom stereocenters. The van der Waals surface area contributed by atoms with Crippen LogP contribution in [0.5, 0.6) is 0 Å². The number of carbonyl (C=O) groups is 3. The normalized spacial score (nSPS) is 11.0. The second-order valence-corrected chi connectivity index (χ2v) is 10.6. The van der Waals surface area contributed by atoms with Gasteiger partial charge in [0.1, 0.15) is 5.70 Å². The zero-order valence-electron chi connectivity index (χ0n) is 22.6. The van der Waals surface area contributed by atoms with Crippen molar-refractivity contribution in [3.05, 3.63) is 125 Å². The summed E-state index contributed by atoms with van der Waals surface area (Å²) >= 11 is 7.46. The van der Waals surface area contributed by atoms with E-state index in [2.05, 4.69) is 16.0 Å². The molecule has 4 aromatic rings. The highest BCUT2D eigenvalue weighted by Crippen LogP contribution is 2.24. The monoisotopic (exact) mass is 584 g/mol. The number of nitrogens with zero attached hydrogens (tertiary/aromatic N) is 1. The number of amides is 3. The summed E-state index contributed by atoms with van der Waals surface area (Å²) in [7, 11) is 3.90. The molecule has 41 heavy (non-hydrogen) atoms. The maximum Gasteiger partial charge on any atom is 0.272 e. The molecular weight excluding hydrogens is 556 g/mol. The van der Waals surface area contributed by atoms with Crippen LogP contribution in [0.3, 0.4) is 0 Å². The fraction of sp³-hybridized carbons (Fsp3) is 0.0938. The maximum absolute atomic E-state index is 13.3. The summed E-state index contributed by atoms with van der Waals surface area (Å²) in [4.78, 5) is 41.3. The zero-order valence-corrected chi connectivity index (χ0v) is 24.1. The molecule has 0 spiro atoms. The Kier molecular flexibility index (Phi) is 10.2. The number of halogens is 1. The fourth-order valence-corrected chi connectivity index (χ4v) is 4.59. The van der Waals surface area contributed by atoms with Crippen molar-refractivity contribution < 1.29 is 14.4 Å². The van der Waals surface area contributed by atoms with Gasteiger partial charge in [-0.2, -0.15) is 0 Å². The van der Waals surface area contributed by atoms with E-state index in [0.29, 0.717) is 22.0 Å². The van der Waals surface area contributed by atoms with Gasteiger partial charge in [0.2, 0.25) is 5.91 Å². The molecule has 0 radical (unpaired) electrons. The molecule has 0 atom stereocenters. The maximum atomic E-state index is 13.3. The van der Waals surface area contributed by atoms with Crippen molar-refractivity contribution in [1.82, 2.24) is 5.32 Å². The first kappa shape index (κ1) is 29.5. The molecule has 9 heteroatoms. The van der Waals surface area contributed by atoms with Crippen molar-refractivity contribution in [2.45, 2.75) is 4.90 Å². The SMILES string of the molecule is CN(C)c1ccc(/C=C(\NC(=O)c2ccccc2)C(=O)Nc2ccc(SCC(=O)Nc3ccccc3Cl)cc2)cc1. The Hall–Kier alpha value is -4.53. The van der Waals surface area contributed by atoms with Gasteiger partial charge in [0.05, 0.1) is 16.5 Å². The summed E-state index contributed by atoms with van der Waals surface area (Å²) < 4.78 is 0. The van der Waals surface area contributed by atoms with Gasteiger partial charge in [-0.15, -0.1) is 11.8 Å². The molecular formula is C32H29ClN4O3S. The quantitative estimate of drug-likeness (QED) is 0.145. The Morgan fingerprint density at radius 2 is 1.46 bits per heavy atom. The lowest BCUT2D eigenvalue weighted by molar-refractivity contribution is -0.114. The van der Waals surface area contributed by atoms with E-state index in [0.717, 1.165) is 16.1 Å². The third kappa shape index (κ3) is 8.73. The highest BCUT2D eigenvalue weighted by Gasteiger charge is 2.15. The lowest BCUT2D eigenvalue weighted by Crippen LogP contribution is -2.30. The Bertz CT molecular complexity index is 1540. The Morgan fingerprint density at radius 1 is 0.805 bits per heavy atom. The smallest absolute Gasteiger partial charge is 0.272 e. The second kappa shape index (κ2) is 14.2. The summed E-state index contributed by atoms with van der Waals surface area (Å²) in [6.45, 7) is 0. The number of hydrogen-bond acceptors (Lipinski definition) is 5. The number of benzene rings is 4. The number of rotatable bonds is 10. The minimum Gasteiger partial charge on any atom is -0.378 e. The van der Waals surface area contributed by atoms with Crippen LogP contribution in [0.15, 0.2) is 114 Å². The number of para-hydroxylation sites is 1. The average molecular weight is 585 g/mol. The predicted molar refractivity (Wildman–Crippen MR) is 169 cm³/mol. The molecule has 4 aromatic carbocycles. The molecule has 208 valence electrons. The van der Waals surface area contributed by atoms with Gasteiger partial charge >= 0.3 is 0 Å². The van der Waals surface area contributed by atoms with Crippen LogP contribution in [0.4, 0.5) is 17.1 Å². The number of hydrogen-bond donors (Lipinski definition) is 3. The van der Waals surface area contributed by atoms with Gasteiger partial charge in [-0.25, -0.2) is 0 Å². The number of anilines is 3. The van der Waals surface area contributed by atoms with Crippen LogP contribution in [-0.2, 0) is 9.59 Å². The highest BCUT2D eigenvalue weighted by atomic mass is 35.5. The Morgan fingerprint density at radius 3 is 2.12 bits per heavy atom. The first-order valence-corrected chi connectivity index (χ1v) is 14.1. The highest BCUT2D eigenvalue weighted by molar-refractivity contribution is 8.00. The van der Waals surface area contributed by atoms with E-state index >= 15 is 0 Å². The zero-order chi connectivity index (χ0) is 29.2. The molecule has 0 aliphatic carbocycles. The van der Waals surface area contributed by atoms with E-state index in [-0.39, 0.29) is 17.4 Å². The van der Waals surface area contributed by atoms with Crippen LogP contribution in [0.1, 0.15) is 15.9 Å². The summed E-state index contributed by atoms with van der Waals surface area (Å²) in [5.74, 6) is -0.839. The van der Waals surface area contributed by atoms with Crippen molar-refractivity contribution in [3.63, 3.8) is 0 Å². The first-order valence-electron chi connectivity index (χ1n) is 12.7. The van der Waals surface area contributed by atoms with Gasteiger partial charge < -0.3 is 20.9 Å². The second-order valence-electron chi connectivity index (χ2n) is 9.16. The van der Waals surface area contributed by atoms with Gasteiger partial charge in [-0.1, -0.05) is 54.1 Å². The summed E-state index contributed by atoms with van der Waals surface area (Å²) in [5.41, 5.74) is 3.43. The third-order valence-corrected chi connectivity index (χ3v) is 7.22. The third-order valence-electron chi connectivity index (χ3n) is 5.88. The van der Waals surface area contributed by atoms with E-state index < -0.39 is 11.8 Å². The van der Waals surface area contributed by atoms with Gasteiger partial charge in [0.25, 0.3) is 11.8 Å². The van der Waals surface area contributed by atoms with Crippen molar-refractivity contribution in [3.8, 4) is 0 Å². The molecule has 0 aromatic heterocycles. The molecule has 0 saturated heterocycles. The molecule has 0 aliphatic heterocycles. The van der Waals surface area contributed by atoms with Crippen molar-refractivity contribution in [1.29, 1.82) is 0 Å². The molecule has 0 bridgehead atoms. The first-order chi connectivity index (χ1) is 19.8. The molecule has 3 amide bonds. The minimum absolute atomic E-state index is 0.103. The van der Waals surface area contributed by atoms with Crippen LogP contribution in [0.2, 0.25) is 5.02 Å². The van der Waals surface area contributed by atoms with Gasteiger partial charge in [0, 0.05) is 35.9 Å². The summed E-state index contributed by atoms with van der Waals surface area (Å²) in [6.07, 6.45) is 1.64. The number of carbonyl (C=O) groups excluding carboxylic acids is 3. The van der Waals surface area contributed by atoms with E-state index in [9.17, 15) is 14.4 Å². The van der Waals surface area contributed by atoms with E-state index in [1.807, 2.05) is 61.5 Å². The largest absolute Gasteiger partial charge is 0.378 e. The van der Waals surface area contributed by atoms with E-state index in [1.54, 1.807) is 66.7 Å². The average Bonchev–Trinajstić information content (AvgIpc) is 2.98. The molecule has 3 N–H and O–H groups in total. The standard InChI is InChI=1S/C32H29ClN4O3S/c1-37(2)25-16-12-22(13-17-25)20-29(36-31(39)23-8-4-3-5-9-23)32(40)34-24-14-18-26(19-15-24)41-21-30(38)35-28-11-7-6-10-27(28)33/h3-20H,21H2,1-2H3,(H,34,40)(H,35,38)(H,36,39)/b29-20-. The van der Waals surface area contributed by atoms with Crippen LogP contribution in [0.25, 0.3) is 6.08 Å². The minimum atomic E-state index is -0.467. The van der Waals surface area contributed by atoms with E-state index in [4.69, 9.17) is 11.6 Å². The van der Waals surface area contributed by atoms with E-state index in [1.165, 1.54) is 11.8 Å². The van der Waals surface area contributed by atoms with Gasteiger partial charge in [-0.05, 0) is 72.3 Å². The predicted octanol–water partition coefficient (Wildman–Crippen LogP) is 6.55. The summed E-state index contributed by atoms with van der Waals surface area (Å²) in [5, 5.41) is 8.87. The fourth-order valence-electron chi connectivity index (χ4n) is 3.71. The lowest BCUT2D eigenvalue weighted by atomic mass is 10.1. The van der Waals surface area contributed by atoms with Crippen LogP contribution >= 0.6 is 23.4 Å². The molecule has 0 saturated carbocycles. The molecule has 0 fully saturated rings.